The van der Waals surface area contributed by atoms with Crippen molar-refractivity contribution in [1.82, 2.24) is 4.90 Å². The highest BCUT2D eigenvalue weighted by Crippen LogP contribution is 1.99. The maximum Gasteiger partial charge on any atom is 0.106 e. The molecule has 0 aliphatic rings. The molecule has 0 radical (unpaired) electrons. The Morgan fingerprint density at radius 1 is 1.40 bits per heavy atom. The largest absolute Gasteiger partial charge is 0.379 e. The summed E-state index contributed by atoms with van der Waals surface area (Å²) in [5.74, 6) is 0. The number of rotatable bonds is 4. The SMILES string of the molecule is C=CCN(C(C)O)C(C)O. The molecule has 0 aromatic heterocycles. The molecule has 0 heterocycles. The van der Waals surface area contributed by atoms with E-state index in [-0.39, 0.29) is 0 Å². The van der Waals surface area contributed by atoms with Gasteiger partial charge in [0.25, 0.3) is 0 Å². The predicted molar refractivity (Wildman–Crippen MR) is 40.3 cm³/mol. The normalized spacial score (nSPS) is 16.9. The summed E-state index contributed by atoms with van der Waals surface area (Å²) in [6.45, 7) is 7.21. The van der Waals surface area contributed by atoms with E-state index in [0.29, 0.717) is 6.54 Å². The standard InChI is InChI=1S/C7H15NO2/c1-4-5-8(6(2)9)7(3)10/h4,6-7,9-10H,1,5H2,2-3H3. The second-order valence-electron chi connectivity index (χ2n) is 2.25. The Bertz CT molecular complexity index is 93.8. The summed E-state index contributed by atoms with van der Waals surface area (Å²) in [4.78, 5) is 1.51. The molecular formula is C7H15NO2. The van der Waals surface area contributed by atoms with Crippen molar-refractivity contribution in [2.24, 2.45) is 0 Å². The van der Waals surface area contributed by atoms with E-state index in [1.807, 2.05) is 0 Å². The van der Waals surface area contributed by atoms with Crippen molar-refractivity contribution in [1.29, 1.82) is 0 Å². The molecule has 0 rings (SSSR count). The van der Waals surface area contributed by atoms with E-state index in [1.54, 1.807) is 19.9 Å². The van der Waals surface area contributed by atoms with E-state index < -0.39 is 12.5 Å². The van der Waals surface area contributed by atoms with Crippen LogP contribution in [0.5, 0.6) is 0 Å². The number of hydrogen-bond donors (Lipinski definition) is 2. The molecule has 0 amide bonds. The van der Waals surface area contributed by atoms with Gasteiger partial charge in [0.2, 0.25) is 0 Å². The molecule has 60 valence electrons. The lowest BCUT2D eigenvalue weighted by Gasteiger charge is -2.26. The molecule has 10 heavy (non-hydrogen) atoms. The van der Waals surface area contributed by atoms with Crippen molar-refractivity contribution in [2.75, 3.05) is 6.54 Å². The fraction of sp³-hybridized carbons (Fsp3) is 0.714. The van der Waals surface area contributed by atoms with Crippen molar-refractivity contribution < 1.29 is 10.2 Å². The first-order valence-electron chi connectivity index (χ1n) is 3.32. The molecule has 0 bridgehead atoms. The second kappa shape index (κ2) is 4.44. The molecule has 0 fully saturated rings. The zero-order chi connectivity index (χ0) is 8.15. The molecule has 0 saturated heterocycles. The minimum Gasteiger partial charge on any atom is -0.379 e. The fourth-order valence-corrected chi connectivity index (χ4v) is 0.766. The van der Waals surface area contributed by atoms with Crippen molar-refractivity contribution in [3.63, 3.8) is 0 Å². The van der Waals surface area contributed by atoms with Gasteiger partial charge >= 0.3 is 0 Å². The third-order valence-electron chi connectivity index (χ3n) is 1.30. The molecule has 0 aliphatic carbocycles. The maximum atomic E-state index is 9.03. The third kappa shape index (κ3) is 2.96. The molecule has 0 aromatic rings. The van der Waals surface area contributed by atoms with Gasteiger partial charge in [-0.3, -0.25) is 0 Å². The quantitative estimate of drug-likeness (QED) is 0.437. The molecule has 2 unspecified atom stereocenters. The Morgan fingerprint density at radius 3 is 1.90 bits per heavy atom. The molecule has 3 nitrogen and oxygen atoms in total. The van der Waals surface area contributed by atoms with Crippen LogP contribution in [0, 0.1) is 0 Å². The van der Waals surface area contributed by atoms with Crippen LogP contribution in [0.2, 0.25) is 0 Å². The van der Waals surface area contributed by atoms with Crippen LogP contribution in [-0.4, -0.2) is 34.1 Å². The molecule has 0 spiro atoms. The monoisotopic (exact) mass is 145 g/mol. The Balaban J connectivity index is 3.84. The van der Waals surface area contributed by atoms with E-state index in [2.05, 4.69) is 6.58 Å². The summed E-state index contributed by atoms with van der Waals surface area (Å²) in [5, 5.41) is 18.1. The van der Waals surface area contributed by atoms with Crippen molar-refractivity contribution in [3.05, 3.63) is 12.7 Å². The van der Waals surface area contributed by atoms with Gasteiger partial charge in [0.1, 0.15) is 12.5 Å². The molecule has 0 aliphatic heterocycles. The number of hydrogen-bond acceptors (Lipinski definition) is 3. The Hall–Kier alpha value is -0.380. The molecule has 0 aromatic carbocycles. The maximum absolute atomic E-state index is 9.03. The average Bonchev–Trinajstić information content (AvgIpc) is 1.81. The van der Waals surface area contributed by atoms with Gasteiger partial charge in [-0.25, -0.2) is 4.90 Å². The van der Waals surface area contributed by atoms with E-state index in [0.717, 1.165) is 0 Å². The van der Waals surface area contributed by atoms with E-state index in [4.69, 9.17) is 10.2 Å². The summed E-state index contributed by atoms with van der Waals surface area (Å²) < 4.78 is 0. The van der Waals surface area contributed by atoms with Crippen LogP contribution >= 0.6 is 0 Å². The van der Waals surface area contributed by atoms with Crippen LogP contribution in [0.25, 0.3) is 0 Å². The number of aliphatic hydroxyl groups is 2. The van der Waals surface area contributed by atoms with E-state index >= 15 is 0 Å². The van der Waals surface area contributed by atoms with Crippen LogP contribution in [0.1, 0.15) is 13.8 Å². The van der Waals surface area contributed by atoms with Crippen LogP contribution in [0.3, 0.4) is 0 Å². The minimum absolute atomic E-state index is 0.495. The summed E-state index contributed by atoms with van der Waals surface area (Å²) in [7, 11) is 0. The lowest BCUT2D eigenvalue weighted by atomic mass is 10.4. The molecule has 3 heteroatoms. The van der Waals surface area contributed by atoms with Gasteiger partial charge in [-0.2, -0.15) is 0 Å². The highest BCUT2D eigenvalue weighted by atomic mass is 16.3. The second-order valence-corrected chi connectivity index (χ2v) is 2.25. The Morgan fingerprint density at radius 2 is 1.80 bits per heavy atom. The van der Waals surface area contributed by atoms with E-state index in [9.17, 15) is 0 Å². The topological polar surface area (TPSA) is 43.7 Å². The van der Waals surface area contributed by atoms with E-state index in [1.165, 1.54) is 4.90 Å². The van der Waals surface area contributed by atoms with Crippen LogP contribution < -0.4 is 0 Å². The number of aliphatic hydroxyl groups excluding tert-OH is 2. The Kier molecular flexibility index (Phi) is 4.27. The highest BCUT2D eigenvalue weighted by Gasteiger charge is 2.13. The highest BCUT2D eigenvalue weighted by molar-refractivity contribution is 4.74. The van der Waals surface area contributed by atoms with Gasteiger partial charge in [0, 0.05) is 6.54 Å². The van der Waals surface area contributed by atoms with Gasteiger partial charge in [0.05, 0.1) is 0 Å². The smallest absolute Gasteiger partial charge is 0.106 e. The lowest BCUT2D eigenvalue weighted by molar-refractivity contribution is -0.0766. The van der Waals surface area contributed by atoms with Gasteiger partial charge in [-0.1, -0.05) is 6.08 Å². The van der Waals surface area contributed by atoms with Gasteiger partial charge in [0.15, 0.2) is 0 Å². The average molecular weight is 145 g/mol. The molecule has 2 atom stereocenters. The first-order valence-corrected chi connectivity index (χ1v) is 3.32. The summed E-state index contributed by atoms with van der Waals surface area (Å²) >= 11 is 0. The van der Waals surface area contributed by atoms with Crippen LogP contribution in [0.15, 0.2) is 12.7 Å². The zero-order valence-electron chi connectivity index (χ0n) is 6.49. The van der Waals surface area contributed by atoms with Crippen molar-refractivity contribution in [2.45, 2.75) is 26.3 Å². The van der Waals surface area contributed by atoms with Crippen LogP contribution in [0.4, 0.5) is 0 Å². The Labute approximate surface area is 61.6 Å². The first kappa shape index (κ1) is 9.62. The van der Waals surface area contributed by atoms with Crippen molar-refractivity contribution in [3.8, 4) is 0 Å². The van der Waals surface area contributed by atoms with Gasteiger partial charge in [-0.15, -0.1) is 6.58 Å². The van der Waals surface area contributed by atoms with Gasteiger partial charge < -0.3 is 10.2 Å². The minimum atomic E-state index is -0.627. The summed E-state index contributed by atoms with van der Waals surface area (Å²) in [6, 6.07) is 0. The third-order valence-corrected chi connectivity index (χ3v) is 1.30. The predicted octanol–water partition coefficient (Wildman–Crippen LogP) is 0.151. The zero-order valence-corrected chi connectivity index (χ0v) is 6.49. The molecule has 2 N–H and O–H groups in total. The van der Waals surface area contributed by atoms with Crippen LogP contribution in [-0.2, 0) is 0 Å². The lowest BCUT2D eigenvalue weighted by Crippen LogP contribution is -2.39. The van der Waals surface area contributed by atoms with Crippen molar-refractivity contribution >= 4 is 0 Å². The number of nitrogens with zero attached hydrogens (tertiary/aromatic N) is 1. The van der Waals surface area contributed by atoms with Gasteiger partial charge in [-0.05, 0) is 13.8 Å². The first-order chi connectivity index (χ1) is 4.59. The summed E-state index contributed by atoms with van der Waals surface area (Å²) in [5.41, 5.74) is 0. The fourth-order valence-electron chi connectivity index (χ4n) is 0.766. The molecule has 0 saturated carbocycles. The summed E-state index contributed by atoms with van der Waals surface area (Å²) in [6.07, 6.45) is 0.385. The molecular weight excluding hydrogens is 130 g/mol.